The molecule has 2 fully saturated rings. The van der Waals surface area contributed by atoms with Crippen molar-refractivity contribution in [3.05, 3.63) is 16.6 Å². The number of piperazine rings is 1. The molecule has 1 aromatic rings. The van der Waals surface area contributed by atoms with Crippen molar-refractivity contribution in [3.63, 3.8) is 0 Å². The number of rotatable bonds is 4. The summed E-state index contributed by atoms with van der Waals surface area (Å²) in [6, 6.07) is -0.560. The van der Waals surface area contributed by atoms with Gasteiger partial charge in [0.05, 0.1) is 6.04 Å². The Morgan fingerprint density at radius 2 is 2.24 bits per heavy atom. The van der Waals surface area contributed by atoms with Crippen molar-refractivity contribution in [1.29, 1.82) is 0 Å². The van der Waals surface area contributed by atoms with Gasteiger partial charge in [0.2, 0.25) is 11.8 Å². The molecule has 5 nitrogen and oxygen atoms in total. The molecule has 0 radical (unpaired) electrons. The molecule has 0 aromatic carbocycles. The molecule has 21 heavy (non-hydrogen) atoms. The summed E-state index contributed by atoms with van der Waals surface area (Å²) in [4.78, 5) is 31.6. The van der Waals surface area contributed by atoms with Gasteiger partial charge in [0.1, 0.15) is 16.6 Å². The van der Waals surface area contributed by atoms with Crippen molar-refractivity contribution in [1.82, 2.24) is 15.2 Å². The van der Waals surface area contributed by atoms with Crippen molar-refractivity contribution < 1.29 is 9.59 Å². The van der Waals surface area contributed by atoms with Crippen LogP contribution in [0.15, 0.2) is 11.6 Å². The Labute approximate surface area is 128 Å². The summed E-state index contributed by atoms with van der Waals surface area (Å²) in [5.41, 5.74) is -0.742. The minimum atomic E-state index is -0.742. The topological polar surface area (TPSA) is 62.3 Å². The first kappa shape index (κ1) is 14.5. The van der Waals surface area contributed by atoms with Gasteiger partial charge in [-0.2, -0.15) is 0 Å². The van der Waals surface area contributed by atoms with Crippen LogP contribution >= 0.6 is 11.3 Å². The highest BCUT2D eigenvalue weighted by molar-refractivity contribution is 7.09. The third-order valence-corrected chi connectivity index (χ3v) is 5.59. The van der Waals surface area contributed by atoms with Crippen molar-refractivity contribution in [2.45, 2.75) is 57.7 Å². The van der Waals surface area contributed by atoms with E-state index in [0.29, 0.717) is 0 Å². The van der Waals surface area contributed by atoms with Gasteiger partial charge < -0.3 is 10.2 Å². The Balaban J connectivity index is 1.97. The summed E-state index contributed by atoms with van der Waals surface area (Å²) in [5, 5.41) is 5.78. The first-order chi connectivity index (χ1) is 9.99. The first-order valence-electron chi connectivity index (χ1n) is 7.53. The van der Waals surface area contributed by atoms with Crippen LogP contribution in [0, 0.1) is 5.92 Å². The maximum absolute atomic E-state index is 13.1. The average molecular weight is 307 g/mol. The van der Waals surface area contributed by atoms with Crippen molar-refractivity contribution in [2.24, 2.45) is 5.92 Å². The third kappa shape index (κ3) is 2.25. The molecule has 1 saturated heterocycles. The smallest absolute Gasteiger partial charge is 0.249 e. The van der Waals surface area contributed by atoms with Gasteiger partial charge in [0.15, 0.2) is 0 Å². The van der Waals surface area contributed by atoms with Crippen LogP contribution in [0.5, 0.6) is 0 Å². The number of nitrogens with zero attached hydrogens (tertiary/aromatic N) is 2. The second kappa shape index (κ2) is 5.09. The highest BCUT2D eigenvalue weighted by Gasteiger charge is 2.55. The zero-order chi connectivity index (χ0) is 15.2. The molecule has 6 heteroatoms. The number of hydrogen-bond acceptors (Lipinski definition) is 4. The molecule has 0 spiro atoms. The van der Waals surface area contributed by atoms with Gasteiger partial charge in [-0.05, 0) is 39.0 Å². The van der Waals surface area contributed by atoms with E-state index < -0.39 is 11.6 Å². The maximum Gasteiger partial charge on any atom is 0.249 e. The number of amides is 2. The predicted molar refractivity (Wildman–Crippen MR) is 80.7 cm³/mol. The van der Waals surface area contributed by atoms with Crippen molar-refractivity contribution >= 4 is 23.2 Å². The van der Waals surface area contributed by atoms with Gasteiger partial charge >= 0.3 is 0 Å². The zero-order valence-corrected chi connectivity index (χ0v) is 13.4. The van der Waals surface area contributed by atoms with Gasteiger partial charge in [-0.15, -0.1) is 11.3 Å². The molecule has 3 rings (SSSR count). The molecule has 1 aliphatic carbocycles. The number of nitrogens with one attached hydrogen (secondary N) is 1. The molecule has 1 aromatic heterocycles. The molecule has 1 N–H and O–H groups in total. The lowest BCUT2D eigenvalue weighted by atomic mass is 9.88. The zero-order valence-electron chi connectivity index (χ0n) is 12.6. The lowest BCUT2D eigenvalue weighted by molar-refractivity contribution is -0.157. The lowest BCUT2D eigenvalue weighted by Crippen LogP contribution is -2.69. The summed E-state index contributed by atoms with van der Waals surface area (Å²) in [6.45, 7) is 5.71. The SMILES string of the molecule is CCC(c1nccs1)N1C(=O)C(C)(C2CC2)NC(=O)C1C. The molecular weight excluding hydrogens is 286 g/mol. The Morgan fingerprint density at radius 1 is 1.52 bits per heavy atom. The number of hydrogen-bond donors (Lipinski definition) is 1. The van der Waals surface area contributed by atoms with E-state index in [1.807, 2.05) is 19.2 Å². The standard InChI is InChI=1S/C15H21N3O2S/c1-4-11(13-16-7-8-21-13)18-9(2)12(19)17-15(3,14(18)20)10-5-6-10/h7-11H,4-6H2,1-3H3,(H,17,19). The number of thiazole rings is 1. The highest BCUT2D eigenvalue weighted by atomic mass is 32.1. The van der Waals surface area contributed by atoms with Gasteiger partial charge in [-0.25, -0.2) is 4.98 Å². The fraction of sp³-hybridized carbons (Fsp3) is 0.667. The predicted octanol–water partition coefficient (Wildman–Crippen LogP) is 2.11. The quantitative estimate of drug-likeness (QED) is 0.926. The van der Waals surface area contributed by atoms with Crippen molar-refractivity contribution in [3.8, 4) is 0 Å². The summed E-state index contributed by atoms with van der Waals surface area (Å²) < 4.78 is 0. The Kier molecular flexibility index (Phi) is 3.51. The van der Waals surface area contributed by atoms with E-state index in [-0.39, 0.29) is 23.8 Å². The van der Waals surface area contributed by atoms with Gasteiger partial charge in [-0.3, -0.25) is 9.59 Å². The maximum atomic E-state index is 13.1. The second-order valence-electron chi connectivity index (χ2n) is 6.15. The van der Waals surface area contributed by atoms with Crippen LogP contribution in [0.2, 0.25) is 0 Å². The van der Waals surface area contributed by atoms with E-state index in [0.717, 1.165) is 24.3 Å². The summed E-state index contributed by atoms with van der Waals surface area (Å²) in [7, 11) is 0. The van der Waals surface area contributed by atoms with Gasteiger partial charge in [-0.1, -0.05) is 6.92 Å². The van der Waals surface area contributed by atoms with Crippen LogP contribution in [0.3, 0.4) is 0 Å². The second-order valence-corrected chi connectivity index (χ2v) is 7.07. The highest BCUT2D eigenvalue weighted by Crippen LogP contribution is 2.44. The summed E-state index contributed by atoms with van der Waals surface area (Å²) in [6.07, 6.45) is 4.54. The van der Waals surface area contributed by atoms with Crippen LogP contribution in [0.1, 0.15) is 51.1 Å². The largest absolute Gasteiger partial charge is 0.340 e. The normalized spacial score (nSPS) is 31.2. The average Bonchev–Trinajstić information content (AvgIpc) is 3.19. The first-order valence-corrected chi connectivity index (χ1v) is 8.41. The van der Waals surface area contributed by atoms with Crippen LogP contribution < -0.4 is 5.32 Å². The van der Waals surface area contributed by atoms with E-state index in [4.69, 9.17) is 0 Å². The summed E-state index contributed by atoms with van der Waals surface area (Å²) in [5.74, 6) is 0.260. The molecule has 114 valence electrons. The lowest BCUT2D eigenvalue weighted by Gasteiger charge is -2.46. The van der Waals surface area contributed by atoms with E-state index in [2.05, 4.69) is 10.3 Å². The molecule has 2 aliphatic rings. The van der Waals surface area contributed by atoms with E-state index in [1.165, 1.54) is 0 Å². The molecular formula is C15H21N3O2S. The minimum Gasteiger partial charge on any atom is -0.340 e. The Bertz CT molecular complexity index is 555. The van der Waals surface area contributed by atoms with E-state index >= 15 is 0 Å². The van der Waals surface area contributed by atoms with E-state index in [9.17, 15) is 9.59 Å². The summed E-state index contributed by atoms with van der Waals surface area (Å²) >= 11 is 1.54. The Morgan fingerprint density at radius 3 is 2.76 bits per heavy atom. The Hall–Kier alpha value is -1.43. The van der Waals surface area contributed by atoms with Crippen LogP contribution in [-0.4, -0.2) is 33.3 Å². The van der Waals surface area contributed by atoms with Crippen LogP contribution in [-0.2, 0) is 9.59 Å². The molecule has 1 saturated carbocycles. The van der Waals surface area contributed by atoms with Gasteiger partial charge in [0.25, 0.3) is 0 Å². The third-order valence-electron chi connectivity index (χ3n) is 4.71. The van der Waals surface area contributed by atoms with Crippen molar-refractivity contribution in [2.75, 3.05) is 0 Å². The van der Waals surface area contributed by atoms with E-state index in [1.54, 1.807) is 29.4 Å². The number of carbonyl (C=O) groups excluding carboxylic acids is 2. The minimum absolute atomic E-state index is 0.0409. The molecule has 2 amide bonds. The molecule has 3 atom stereocenters. The van der Waals surface area contributed by atoms with Crippen LogP contribution in [0.25, 0.3) is 0 Å². The monoisotopic (exact) mass is 307 g/mol. The van der Waals surface area contributed by atoms with Gasteiger partial charge in [0, 0.05) is 11.6 Å². The molecule has 3 unspecified atom stereocenters. The number of carbonyl (C=O) groups is 2. The molecule has 2 heterocycles. The number of aromatic nitrogens is 1. The molecule has 1 aliphatic heterocycles. The van der Waals surface area contributed by atoms with Crippen LogP contribution in [0.4, 0.5) is 0 Å². The molecule has 0 bridgehead atoms. The fourth-order valence-electron chi connectivity index (χ4n) is 3.22. The fourth-order valence-corrected chi connectivity index (χ4v) is 4.04.